The second-order valence-electron chi connectivity index (χ2n) is 6.31. The summed E-state index contributed by atoms with van der Waals surface area (Å²) in [6.45, 7) is 0.679. The van der Waals surface area contributed by atoms with Gasteiger partial charge in [-0.3, -0.25) is 4.68 Å². The number of aromatic nitrogens is 6. The van der Waals surface area contributed by atoms with Gasteiger partial charge in [0.05, 0.1) is 6.20 Å². The van der Waals surface area contributed by atoms with Crippen molar-refractivity contribution < 1.29 is 4.63 Å². The van der Waals surface area contributed by atoms with E-state index in [-0.39, 0.29) is 0 Å². The minimum atomic E-state index is 0.417. The van der Waals surface area contributed by atoms with E-state index >= 15 is 0 Å². The number of anilines is 2. The second kappa shape index (κ2) is 6.06. The molecule has 0 radical (unpaired) electrons. The molecule has 0 bridgehead atoms. The van der Waals surface area contributed by atoms with Gasteiger partial charge < -0.3 is 10.2 Å². The lowest BCUT2D eigenvalue weighted by atomic mass is 10.2. The minimum Gasteiger partial charge on any atom is -0.364 e. The van der Waals surface area contributed by atoms with Gasteiger partial charge in [0.1, 0.15) is 0 Å². The summed E-state index contributed by atoms with van der Waals surface area (Å²) in [4.78, 5) is 11.2. The molecular formula is C15H20N8O. The van der Waals surface area contributed by atoms with Crippen molar-refractivity contribution in [3.05, 3.63) is 18.0 Å². The van der Waals surface area contributed by atoms with Gasteiger partial charge in [0.25, 0.3) is 0 Å². The zero-order chi connectivity index (χ0) is 16.5. The molecule has 1 fully saturated rings. The maximum absolute atomic E-state index is 4.76. The van der Waals surface area contributed by atoms with Crippen LogP contribution in [-0.2, 0) is 13.6 Å². The first-order valence-corrected chi connectivity index (χ1v) is 8.14. The van der Waals surface area contributed by atoms with E-state index in [1.807, 2.05) is 31.4 Å². The van der Waals surface area contributed by atoms with Crippen molar-refractivity contribution in [1.82, 2.24) is 30.1 Å². The van der Waals surface area contributed by atoms with Crippen LogP contribution in [0.4, 0.5) is 11.6 Å². The highest BCUT2D eigenvalue weighted by Crippen LogP contribution is 2.28. The van der Waals surface area contributed by atoms with Crippen molar-refractivity contribution in [3.63, 3.8) is 0 Å². The molecule has 0 saturated heterocycles. The van der Waals surface area contributed by atoms with Gasteiger partial charge in [-0.15, -0.1) is 0 Å². The normalized spacial score (nSPS) is 15.2. The predicted octanol–water partition coefficient (Wildman–Crippen LogP) is 1.74. The SMILES string of the molecule is CN(Cc1cnn(C)c1)c1nc2nonc2nc1NC1CCCC1. The third-order valence-corrected chi connectivity index (χ3v) is 4.33. The molecule has 9 nitrogen and oxygen atoms in total. The molecule has 3 heterocycles. The Balaban J connectivity index is 1.65. The first kappa shape index (κ1) is 14.9. The Morgan fingerprint density at radius 2 is 2.00 bits per heavy atom. The molecule has 1 aliphatic rings. The first-order valence-electron chi connectivity index (χ1n) is 8.14. The Morgan fingerprint density at radius 3 is 2.71 bits per heavy atom. The van der Waals surface area contributed by atoms with E-state index in [1.165, 1.54) is 12.8 Å². The average Bonchev–Trinajstić information content (AvgIpc) is 3.29. The van der Waals surface area contributed by atoms with Crippen LogP contribution in [0.1, 0.15) is 31.2 Å². The Kier molecular flexibility index (Phi) is 3.75. The van der Waals surface area contributed by atoms with Crippen LogP contribution >= 0.6 is 0 Å². The Hall–Kier alpha value is -2.71. The lowest BCUT2D eigenvalue weighted by Gasteiger charge is -2.22. The van der Waals surface area contributed by atoms with Crippen molar-refractivity contribution >= 4 is 22.9 Å². The summed E-state index contributed by atoms with van der Waals surface area (Å²) in [5.74, 6) is 1.48. The Bertz CT molecular complexity index is 835. The summed E-state index contributed by atoms with van der Waals surface area (Å²) in [6.07, 6.45) is 8.65. The van der Waals surface area contributed by atoms with Crippen molar-refractivity contribution in [2.24, 2.45) is 7.05 Å². The number of rotatable bonds is 5. The van der Waals surface area contributed by atoms with E-state index in [9.17, 15) is 0 Å². The van der Waals surface area contributed by atoms with Crippen LogP contribution < -0.4 is 10.2 Å². The molecule has 1 N–H and O–H groups in total. The molecule has 0 amide bonds. The highest BCUT2D eigenvalue weighted by atomic mass is 16.6. The zero-order valence-electron chi connectivity index (χ0n) is 13.8. The van der Waals surface area contributed by atoms with Crippen LogP contribution in [-0.4, -0.2) is 43.2 Å². The molecule has 0 unspecified atom stereocenters. The van der Waals surface area contributed by atoms with E-state index in [1.54, 1.807) is 4.68 Å². The number of nitrogens with zero attached hydrogens (tertiary/aromatic N) is 7. The molecule has 3 aromatic rings. The quantitative estimate of drug-likeness (QED) is 0.756. The topological polar surface area (TPSA) is 97.8 Å². The maximum atomic E-state index is 4.76. The van der Waals surface area contributed by atoms with Crippen LogP contribution in [0.5, 0.6) is 0 Å². The van der Waals surface area contributed by atoms with E-state index < -0.39 is 0 Å². The summed E-state index contributed by atoms with van der Waals surface area (Å²) >= 11 is 0. The highest BCUT2D eigenvalue weighted by molar-refractivity contribution is 5.74. The van der Waals surface area contributed by atoms with Gasteiger partial charge in [-0.1, -0.05) is 12.8 Å². The summed E-state index contributed by atoms with van der Waals surface area (Å²) in [5.41, 5.74) is 1.95. The molecule has 0 aromatic carbocycles. The van der Waals surface area contributed by atoms with Gasteiger partial charge in [-0.05, 0) is 23.2 Å². The van der Waals surface area contributed by atoms with Crippen LogP contribution in [0.3, 0.4) is 0 Å². The molecule has 0 aliphatic heterocycles. The van der Waals surface area contributed by atoms with Gasteiger partial charge in [-0.2, -0.15) is 5.10 Å². The molecule has 4 rings (SSSR count). The van der Waals surface area contributed by atoms with E-state index in [4.69, 9.17) is 4.63 Å². The van der Waals surface area contributed by atoms with Gasteiger partial charge in [0.2, 0.25) is 11.3 Å². The third kappa shape index (κ3) is 2.89. The largest absolute Gasteiger partial charge is 0.364 e. The number of aryl methyl sites for hydroxylation is 1. The van der Waals surface area contributed by atoms with Crippen molar-refractivity contribution in [2.75, 3.05) is 17.3 Å². The summed E-state index contributed by atoms with van der Waals surface area (Å²) in [7, 11) is 3.89. The second-order valence-corrected chi connectivity index (χ2v) is 6.31. The van der Waals surface area contributed by atoms with Crippen LogP contribution in [0, 0.1) is 0 Å². The summed E-state index contributed by atoms with van der Waals surface area (Å²) < 4.78 is 6.55. The van der Waals surface area contributed by atoms with Gasteiger partial charge in [0, 0.05) is 38.4 Å². The molecule has 126 valence electrons. The summed E-state index contributed by atoms with van der Waals surface area (Å²) in [5, 5.41) is 15.4. The lowest BCUT2D eigenvalue weighted by molar-refractivity contribution is 0.314. The van der Waals surface area contributed by atoms with Crippen molar-refractivity contribution in [3.8, 4) is 0 Å². The number of hydrogen-bond acceptors (Lipinski definition) is 8. The molecule has 0 spiro atoms. The average molecular weight is 328 g/mol. The zero-order valence-corrected chi connectivity index (χ0v) is 13.8. The van der Waals surface area contributed by atoms with Crippen molar-refractivity contribution in [2.45, 2.75) is 38.3 Å². The van der Waals surface area contributed by atoms with Crippen LogP contribution in [0.2, 0.25) is 0 Å². The number of fused-ring (bicyclic) bond motifs is 1. The van der Waals surface area contributed by atoms with Gasteiger partial charge in [-0.25, -0.2) is 14.6 Å². The van der Waals surface area contributed by atoms with Crippen LogP contribution in [0.15, 0.2) is 17.0 Å². The van der Waals surface area contributed by atoms with Gasteiger partial charge in [0.15, 0.2) is 11.6 Å². The van der Waals surface area contributed by atoms with E-state index in [2.05, 4.69) is 30.7 Å². The highest BCUT2D eigenvalue weighted by Gasteiger charge is 2.21. The van der Waals surface area contributed by atoms with E-state index in [0.29, 0.717) is 23.9 Å². The fraction of sp³-hybridized carbons (Fsp3) is 0.533. The molecule has 3 aromatic heterocycles. The Labute approximate surface area is 139 Å². The fourth-order valence-corrected chi connectivity index (χ4v) is 3.16. The molecule has 1 saturated carbocycles. The van der Waals surface area contributed by atoms with Crippen molar-refractivity contribution in [1.29, 1.82) is 0 Å². The molecule has 24 heavy (non-hydrogen) atoms. The molecule has 9 heteroatoms. The fourth-order valence-electron chi connectivity index (χ4n) is 3.16. The predicted molar refractivity (Wildman–Crippen MR) is 88.6 cm³/mol. The number of hydrogen-bond donors (Lipinski definition) is 1. The van der Waals surface area contributed by atoms with Crippen LogP contribution in [0.25, 0.3) is 11.3 Å². The minimum absolute atomic E-state index is 0.417. The molecular weight excluding hydrogens is 308 g/mol. The Morgan fingerprint density at radius 1 is 1.25 bits per heavy atom. The monoisotopic (exact) mass is 328 g/mol. The molecule has 0 atom stereocenters. The third-order valence-electron chi connectivity index (χ3n) is 4.33. The van der Waals surface area contributed by atoms with E-state index in [0.717, 1.165) is 30.0 Å². The van der Waals surface area contributed by atoms with Gasteiger partial charge >= 0.3 is 0 Å². The smallest absolute Gasteiger partial charge is 0.245 e. The number of nitrogens with one attached hydrogen (secondary N) is 1. The standard InChI is InChI=1S/C15H20N8O/c1-22(8-10-7-16-23(2)9-10)15-14(17-11-5-3-4-6-11)18-12-13(19-15)21-24-20-12/h7,9,11H,3-6,8H2,1-2H3,(H,17,18,20). The maximum Gasteiger partial charge on any atom is 0.245 e. The summed E-state index contributed by atoms with van der Waals surface area (Å²) in [6, 6.07) is 0.433. The first-order chi connectivity index (χ1) is 11.7. The lowest BCUT2D eigenvalue weighted by Crippen LogP contribution is -2.23. The molecule has 1 aliphatic carbocycles.